The van der Waals surface area contributed by atoms with Crippen LogP contribution in [0, 0.1) is 6.92 Å². The molecule has 1 aliphatic heterocycles. The van der Waals surface area contributed by atoms with Crippen molar-refractivity contribution in [1.29, 1.82) is 0 Å². The van der Waals surface area contributed by atoms with E-state index in [2.05, 4.69) is 122 Å². The number of aryl methyl sites for hydroxylation is 1. The third kappa shape index (κ3) is 6.83. The number of anilines is 2. The minimum Gasteiger partial charge on any atom is -0.337 e. The maximum Gasteiger partial charge on any atom is 0.0493 e. The van der Waals surface area contributed by atoms with E-state index >= 15 is 0 Å². The third-order valence-corrected chi connectivity index (χ3v) is 5.71. The number of rotatable bonds is 8. The van der Waals surface area contributed by atoms with Crippen LogP contribution in [0.3, 0.4) is 0 Å². The molecule has 0 aromatic heterocycles. The van der Waals surface area contributed by atoms with E-state index in [-0.39, 0.29) is 0 Å². The van der Waals surface area contributed by atoms with Gasteiger partial charge in [0.2, 0.25) is 0 Å². The Kier molecular flexibility index (Phi) is 9.49. The summed E-state index contributed by atoms with van der Waals surface area (Å²) in [6.07, 6.45) is 26.7. The Labute approximate surface area is 205 Å². The first kappa shape index (κ1) is 24.8. The zero-order chi connectivity index (χ0) is 24.2. The number of benzene rings is 2. The SMILES string of the molecule is C=C/C=C\C=C/C/C1=C/C=C\C(=C)c2cc(C)ccc2N(c2ccccc2C/C=C\C=C/C)C1. The normalized spacial score (nSPS) is 17.1. The van der Waals surface area contributed by atoms with Gasteiger partial charge in [-0.1, -0.05) is 116 Å². The Balaban J connectivity index is 2.07. The van der Waals surface area contributed by atoms with Gasteiger partial charge in [0.25, 0.3) is 0 Å². The zero-order valence-corrected chi connectivity index (χ0v) is 20.5. The highest BCUT2D eigenvalue weighted by atomic mass is 15.1. The highest BCUT2D eigenvalue weighted by Gasteiger charge is 2.19. The first-order chi connectivity index (χ1) is 16.6. The summed E-state index contributed by atoms with van der Waals surface area (Å²) in [6, 6.07) is 15.4. The molecule has 2 aromatic rings. The summed E-state index contributed by atoms with van der Waals surface area (Å²) in [5, 5.41) is 0. The quantitative estimate of drug-likeness (QED) is 0.366. The van der Waals surface area contributed by atoms with Crippen LogP contribution in [-0.2, 0) is 6.42 Å². The number of hydrogen-bond donors (Lipinski definition) is 0. The maximum atomic E-state index is 4.39. The molecule has 0 radical (unpaired) electrons. The molecule has 0 atom stereocenters. The van der Waals surface area contributed by atoms with Crippen molar-refractivity contribution < 1.29 is 0 Å². The van der Waals surface area contributed by atoms with Crippen LogP contribution < -0.4 is 4.90 Å². The molecule has 1 nitrogen and oxygen atoms in total. The van der Waals surface area contributed by atoms with Gasteiger partial charge in [0, 0.05) is 23.5 Å². The molecule has 3 rings (SSSR count). The van der Waals surface area contributed by atoms with Gasteiger partial charge in [0.1, 0.15) is 0 Å². The molecule has 1 heteroatoms. The smallest absolute Gasteiger partial charge is 0.0493 e. The summed E-state index contributed by atoms with van der Waals surface area (Å²) >= 11 is 0. The van der Waals surface area contributed by atoms with E-state index in [1.165, 1.54) is 33.6 Å². The van der Waals surface area contributed by atoms with Gasteiger partial charge < -0.3 is 4.90 Å². The molecule has 2 aromatic carbocycles. The van der Waals surface area contributed by atoms with Crippen molar-refractivity contribution >= 4 is 16.9 Å². The molecule has 172 valence electrons. The van der Waals surface area contributed by atoms with Gasteiger partial charge in [-0.3, -0.25) is 0 Å². The monoisotopic (exact) mass is 445 g/mol. The Bertz CT molecular complexity index is 1180. The van der Waals surface area contributed by atoms with Gasteiger partial charge >= 0.3 is 0 Å². The van der Waals surface area contributed by atoms with Crippen LogP contribution in [0.2, 0.25) is 0 Å². The van der Waals surface area contributed by atoms with E-state index in [0.717, 1.165) is 25.0 Å². The van der Waals surface area contributed by atoms with Crippen molar-refractivity contribution in [2.75, 3.05) is 11.4 Å². The minimum atomic E-state index is 0.804. The second-order valence-corrected chi connectivity index (χ2v) is 8.36. The summed E-state index contributed by atoms with van der Waals surface area (Å²) in [5.74, 6) is 0. The Morgan fingerprint density at radius 3 is 2.53 bits per heavy atom. The van der Waals surface area contributed by atoms with Crippen LogP contribution in [0.4, 0.5) is 11.4 Å². The van der Waals surface area contributed by atoms with Gasteiger partial charge in [0.05, 0.1) is 0 Å². The second kappa shape index (κ2) is 13.0. The Morgan fingerprint density at radius 1 is 0.912 bits per heavy atom. The van der Waals surface area contributed by atoms with E-state index in [0.29, 0.717) is 0 Å². The van der Waals surface area contributed by atoms with E-state index in [9.17, 15) is 0 Å². The van der Waals surface area contributed by atoms with E-state index in [4.69, 9.17) is 0 Å². The third-order valence-electron chi connectivity index (χ3n) is 5.71. The highest BCUT2D eigenvalue weighted by Crippen LogP contribution is 2.37. The number of allylic oxidation sites excluding steroid dienone is 13. The largest absolute Gasteiger partial charge is 0.337 e. The summed E-state index contributed by atoms with van der Waals surface area (Å²) < 4.78 is 0. The first-order valence-electron chi connectivity index (χ1n) is 11.9. The lowest BCUT2D eigenvalue weighted by atomic mass is 9.99. The number of fused-ring (bicyclic) bond motifs is 1. The van der Waals surface area contributed by atoms with Gasteiger partial charge in [-0.25, -0.2) is 0 Å². The van der Waals surface area contributed by atoms with Crippen molar-refractivity contribution in [3.8, 4) is 0 Å². The fourth-order valence-electron chi connectivity index (χ4n) is 3.99. The van der Waals surface area contributed by atoms with Crippen molar-refractivity contribution in [3.63, 3.8) is 0 Å². The molecule has 0 amide bonds. The summed E-state index contributed by atoms with van der Waals surface area (Å²) in [7, 11) is 0. The molecule has 0 spiro atoms. The number of nitrogens with zero attached hydrogens (tertiary/aromatic N) is 1. The molecule has 0 N–H and O–H groups in total. The van der Waals surface area contributed by atoms with Crippen LogP contribution in [0.1, 0.15) is 30.0 Å². The average molecular weight is 446 g/mol. The molecule has 34 heavy (non-hydrogen) atoms. The van der Waals surface area contributed by atoms with Gasteiger partial charge in [-0.15, -0.1) is 0 Å². The molecule has 0 bridgehead atoms. The molecule has 0 aliphatic carbocycles. The predicted octanol–water partition coefficient (Wildman–Crippen LogP) is 9.01. The standard InChI is InChI=1S/C33H35N/c1-5-7-9-11-12-18-29-19-16-17-28(4)31-25-27(3)23-24-33(31)34(26-29)32-22-15-14-21-30(32)20-13-10-8-6-2/h5-17,19,21-25H,1,4,18,20,26H2,2-3H3/b8-6-,9-7-,12-11-,13-10-,17-16-,29-19-. The summed E-state index contributed by atoms with van der Waals surface area (Å²) in [4.78, 5) is 2.45. The van der Waals surface area contributed by atoms with E-state index in [1.54, 1.807) is 6.08 Å². The second-order valence-electron chi connectivity index (χ2n) is 8.36. The molecule has 1 aliphatic rings. The van der Waals surface area contributed by atoms with Crippen LogP contribution in [0.5, 0.6) is 0 Å². The van der Waals surface area contributed by atoms with Crippen LogP contribution in [0.25, 0.3) is 5.57 Å². The van der Waals surface area contributed by atoms with Crippen LogP contribution >= 0.6 is 0 Å². The van der Waals surface area contributed by atoms with Crippen LogP contribution in [0.15, 0.2) is 134 Å². The molecule has 0 unspecified atom stereocenters. The fourth-order valence-corrected chi connectivity index (χ4v) is 3.99. The molecule has 0 fully saturated rings. The first-order valence-corrected chi connectivity index (χ1v) is 11.9. The molecular formula is C33H35N. The van der Waals surface area contributed by atoms with Gasteiger partial charge in [0.15, 0.2) is 0 Å². The summed E-state index contributed by atoms with van der Waals surface area (Å²) in [5.41, 5.74) is 8.49. The van der Waals surface area contributed by atoms with Crippen LogP contribution in [-0.4, -0.2) is 6.54 Å². The number of hydrogen-bond acceptors (Lipinski definition) is 1. The molecule has 0 saturated heterocycles. The predicted molar refractivity (Wildman–Crippen MR) is 152 cm³/mol. The van der Waals surface area contributed by atoms with Crippen molar-refractivity contribution in [2.45, 2.75) is 26.7 Å². The zero-order valence-electron chi connectivity index (χ0n) is 20.5. The lowest BCUT2D eigenvalue weighted by molar-refractivity contribution is 0.985. The highest BCUT2D eigenvalue weighted by molar-refractivity contribution is 5.85. The fraction of sp³-hybridized carbons (Fsp3) is 0.152. The maximum absolute atomic E-state index is 4.39. The van der Waals surface area contributed by atoms with Crippen molar-refractivity contribution in [1.82, 2.24) is 0 Å². The molecular weight excluding hydrogens is 410 g/mol. The van der Waals surface area contributed by atoms with E-state index in [1.807, 2.05) is 19.1 Å². The Hall–Kier alpha value is -3.84. The number of para-hydroxylation sites is 1. The van der Waals surface area contributed by atoms with E-state index < -0.39 is 0 Å². The lowest BCUT2D eigenvalue weighted by Gasteiger charge is -2.30. The van der Waals surface area contributed by atoms with Gasteiger partial charge in [-0.05, 0) is 61.6 Å². The summed E-state index contributed by atoms with van der Waals surface area (Å²) in [6.45, 7) is 13.1. The van der Waals surface area contributed by atoms with Gasteiger partial charge in [-0.2, -0.15) is 0 Å². The average Bonchev–Trinajstić information content (AvgIpc) is 2.90. The lowest BCUT2D eigenvalue weighted by Crippen LogP contribution is -2.22. The topological polar surface area (TPSA) is 3.24 Å². The van der Waals surface area contributed by atoms with Crippen molar-refractivity contribution in [3.05, 3.63) is 151 Å². The minimum absolute atomic E-state index is 0.804. The van der Waals surface area contributed by atoms with Crippen molar-refractivity contribution in [2.24, 2.45) is 0 Å². The Morgan fingerprint density at radius 2 is 1.71 bits per heavy atom. The molecule has 1 heterocycles. The molecule has 0 saturated carbocycles.